The lowest BCUT2D eigenvalue weighted by atomic mass is 10.1. The largest absolute Gasteiger partial charge is 0.416 e. The Labute approximate surface area is 168 Å². The van der Waals surface area contributed by atoms with E-state index in [4.69, 9.17) is 0 Å². The first-order chi connectivity index (χ1) is 13.7. The summed E-state index contributed by atoms with van der Waals surface area (Å²) in [5.41, 5.74) is 2.84. The van der Waals surface area contributed by atoms with Crippen LogP contribution in [0.1, 0.15) is 51.4 Å². The summed E-state index contributed by atoms with van der Waals surface area (Å²) in [7, 11) is 0. The zero-order valence-electron chi connectivity index (χ0n) is 16.5. The molecule has 0 spiro atoms. The van der Waals surface area contributed by atoms with Crippen molar-refractivity contribution >= 4 is 5.91 Å². The maximum absolute atomic E-state index is 13.0. The summed E-state index contributed by atoms with van der Waals surface area (Å²) in [6, 6.07) is 16.5. The SMILES string of the molecule is Cc1cc(C)n(Cc2cccc(C(F)(F)F)c2)c1C(=O)NC(C)c1ccccc1. The molecular weight excluding hydrogens is 377 g/mol. The van der Waals surface area contributed by atoms with Gasteiger partial charge in [-0.2, -0.15) is 13.2 Å². The first kappa shape index (κ1) is 20.7. The van der Waals surface area contributed by atoms with E-state index in [1.807, 2.05) is 57.2 Å². The molecule has 29 heavy (non-hydrogen) atoms. The summed E-state index contributed by atoms with van der Waals surface area (Å²) in [6.45, 7) is 5.76. The summed E-state index contributed by atoms with van der Waals surface area (Å²) in [6.07, 6.45) is -4.40. The van der Waals surface area contributed by atoms with Crippen LogP contribution < -0.4 is 5.32 Å². The first-order valence-electron chi connectivity index (χ1n) is 9.35. The maximum Gasteiger partial charge on any atom is 0.416 e. The number of carbonyl (C=O) groups excluding carboxylic acids is 1. The molecule has 0 aliphatic carbocycles. The lowest BCUT2D eigenvalue weighted by Gasteiger charge is -2.17. The van der Waals surface area contributed by atoms with E-state index < -0.39 is 11.7 Å². The second-order valence-electron chi connectivity index (χ2n) is 7.21. The molecule has 0 aliphatic rings. The molecule has 1 unspecified atom stereocenters. The quantitative estimate of drug-likeness (QED) is 0.589. The maximum atomic E-state index is 13.0. The molecule has 1 heterocycles. The van der Waals surface area contributed by atoms with Crippen LogP contribution in [0.15, 0.2) is 60.7 Å². The highest BCUT2D eigenvalue weighted by Crippen LogP contribution is 2.30. The van der Waals surface area contributed by atoms with E-state index in [0.717, 1.165) is 29.0 Å². The minimum absolute atomic E-state index is 0.187. The van der Waals surface area contributed by atoms with Gasteiger partial charge in [0.15, 0.2) is 0 Å². The van der Waals surface area contributed by atoms with Gasteiger partial charge in [-0.3, -0.25) is 4.79 Å². The van der Waals surface area contributed by atoms with E-state index >= 15 is 0 Å². The Morgan fingerprint density at radius 2 is 1.72 bits per heavy atom. The fourth-order valence-electron chi connectivity index (χ4n) is 3.47. The van der Waals surface area contributed by atoms with E-state index in [2.05, 4.69) is 5.32 Å². The van der Waals surface area contributed by atoms with Crippen LogP contribution in [-0.4, -0.2) is 10.5 Å². The Morgan fingerprint density at radius 3 is 2.38 bits per heavy atom. The fraction of sp³-hybridized carbons (Fsp3) is 0.261. The predicted molar refractivity (Wildman–Crippen MR) is 107 cm³/mol. The molecule has 0 bridgehead atoms. The molecule has 0 aliphatic heterocycles. The highest BCUT2D eigenvalue weighted by molar-refractivity contribution is 5.94. The summed E-state index contributed by atoms with van der Waals surface area (Å²) in [5, 5.41) is 2.99. The Balaban J connectivity index is 1.88. The molecular formula is C23H23F3N2O. The van der Waals surface area contributed by atoms with Gasteiger partial charge < -0.3 is 9.88 Å². The Bertz CT molecular complexity index is 1010. The molecule has 0 radical (unpaired) electrons. The second-order valence-corrected chi connectivity index (χ2v) is 7.21. The van der Waals surface area contributed by atoms with E-state index in [9.17, 15) is 18.0 Å². The van der Waals surface area contributed by atoms with Crippen molar-refractivity contribution in [3.8, 4) is 0 Å². The molecule has 0 fully saturated rings. The standard InChI is InChI=1S/C23H23F3N2O/c1-15-12-16(2)28(14-18-8-7-11-20(13-18)23(24,25)26)21(15)22(29)27-17(3)19-9-5-4-6-10-19/h4-13,17H,14H2,1-3H3,(H,27,29). The van der Waals surface area contributed by atoms with Gasteiger partial charge in [-0.15, -0.1) is 0 Å². The molecule has 1 amide bonds. The number of nitrogens with one attached hydrogen (secondary N) is 1. The average molecular weight is 400 g/mol. The molecule has 3 aromatic rings. The highest BCUT2D eigenvalue weighted by Gasteiger charge is 2.30. The lowest BCUT2D eigenvalue weighted by Crippen LogP contribution is -2.29. The Hall–Kier alpha value is -3.02. The number of rotatable bonds is 5. The normalized spacial score (nSPS) is 12.6. The van der Waals surface area contributed by atoms with Gasteiger partial charge in [-0.25, -0.2) is 0 Å². The first-order valence-corrected chi connectivity index (χ1v) is 9.35. The van der Waals surface area contributed by atoms with Crippen molar-refractivity contribution in [1.29, 1.82) is 0 Å². The zero-order chi connectivity index (χ0) is 21.2. The molecule has 1 atom stereocenters. The molecule has 2 aromatic carbocycles. The molecule has 1 aromatic heterocycles. The van der Waals surface area contributed by atoms with E-state index in [1.54, 1.807) is 10.6 Å². The lowest BCUT2D eigenvalue weighted by molar-refractivity contribution is -0.137. The van der Waals surface area contributed by atoms with Crippen LogP contribution >= 0.6 is 0 Å². The third kappa shape index (κ3) is 4.70. The summed E-state index contributed by atoms with van der Waals surface area (Å²) >= 11 is 0. The fourth-order valence-corrected chi connectivity index (χ4v) is 3.47. The van der Waals surface area contributed by atoms with Gasteiger partial charge in [0.05, 0.1) is 11.6 Å². The van der Waals surface area contributed by atoms with Crippen LogP contribution in [0, 0.1) is 13.8 Å². The van der Waals surface area contributed by atoms with Crippen LogP contribution in [0.3, 0.4) is 0 Å². The molecule has 0 saturated heterocycles. The van der Waals surface area contributed by atoms with E-state index in [1.165, 1.54) is 6.07 Å². The van der Waals surface area contributed by atoms with Gasteiger partial charge in [-0.05, 0) is 55.7 Å². The number of aryl methyl sites for hydroxylation is 2. The van der Waals surface area contributed by atoms with E-state index in [0.29, 0.717) is 11.3 Å². The van der Waals surface area contributed by atoms with Crippen LogP contribution in [0.2, 0.25) is 0 Å². The van der Waals surface area contributed by atoms with Crippen molar-refractivity contribution in [3.05, 3.63) is 94.3 Å². The Morgan fingerprint density at radius 1 is 1.03 bits per heavy atom. The van der Waals surface area contributed by atoms with Crippen molar-refractivity contribution in [2.75, 3.05) is 0 Å². The topological polar surface area (TPSA) is 34.0 Å². The smallest absolute Gasteiger partial charge is 0.344 e. The van der Waals surface area contributed by atoms with Crippen molar-refractivity contribution in [3.63, 3.8) is 0 Å². The second kappa shape index (κ2) is 8.15. The molecule has 1 N–H and O–H groups in total. The third-order valence-corrected chi connectivity index (χ3v) is 4.95. The van der Waals surface area contributed by atoms with Gasteiger partial charge >= 0.3 is 6.18 Å². The third-order valence-electron chi connectivity index (χ3n) is 4.95. The minimum Gasteiger partial charge on any atom is -0.344 e. The number of aromatic nitrogens is 1. The van der Waals surface area contributed by atoms with Crippen LogP contribution in [0.25, 0.3) is 0 Å². The number of alkyl halides is 3. The summed E-state index contributed by atoms with van der Waals surface area (Å²) in [5.74, 6) is -0.251. The van der Waals surface area contributed by atoms with Gasteiger partial charge in [0, 0.05) is 12.2 Å². The highest BCUT2D eigenvalue weighted by atomic mass is 19.4. The van der Waals surface area contributed by atoms with Crippen molar-refractivity contribution in [2.45, 2.75) is 39.5 Å². The van der Waals surface area contributed by atoms with Gasteiger partial charge in [0.25, 0.3) is 5.91 Å². The zero-order valence-corrected chi connectivity index (χ0v) is 16.5. The van der Waals surface area contributed by atoms with Crippen molar-refractivity contribution < 1.29 is 18.0 Å². The summed E-state index contributed by atoms with van der Waals surface area (Å²) in [4.78, 5) is 13.0. The number of amides is 1. The van der Waals surface area contributed by atoms with Crippen LogP contribution in [0.5, 0.6) is 0 Å². The molecule has 3 nitrogen and oxygen atoms in total. The number of carbonyl (C=O) groups is 1. The number of hydrogen-bond donors (Lipinski definition) is 1. The number of nitrogens with zero attached hydrogens (tertiary/aromatic N) is 1. The average Bonchev–Trinajstić information content (AvgIpc) is 2.95. The van der Waals surface area contributed by atoms with Gasteiger partial charge in [0.2, 0.25) is 0 Å². The van der Waals surface area contributed by atoms with Gasteiger partial charge in [-0.1, -0.05) is 42.5 Å². The monoisotopic (exact) mass is 400 g/mol. The predicted octanol–water partition coefficient (Wildman–Crippen LogP) is 5.66. The number of hydrogen-bond acceptors (Lipinski definition) is 1. The van der Waals surface area contributed by atoms with Gasteiger partial charge in [0.1, 0.15) is 5.69 Å². The Kier molecular flexibility index (Phi) is 5.82. The molecule has 6 heteroatoms. The van der Waals surface area contributed by atoms with Crippen molar-refractivity contribution in [2.24, 2.45) is 0 Å². The number of halogens is 3. The molecule has 152 valence electrons. The molecule has 3 rings (SSSR count). The van der Waals surface area contributed by atoms with Crippen molar-refractivity contribution in [1.82, 2.24) is 9.88 Å². The van der Waals surface area contributed by atoms with Crippen LogP contribution in [0.4, 0.5) is 13.2 Å². The van der Waals surface area contributed by atoms with E-state index in [-0.39, 0.29) is 18.5 Å². The molecule has 0 saturated carbocycles. The summed E-state index contributed by atoms with van der Waals surface area (Å²) < 4.78 is 40.9. The minimum atomic E-state index is -4.40. The van der Waals surface area contributed by atoms with Crippen LogP contribution in [-0.2, 0) is 12.7 Å². The number of benzene rings is 2.